The van der Waals surface area contributed by atoms with Crippen molar-refractivity contribution in [3.63, 3.8) is 0 Å². The maximum absolute atomic E-state index is 14.3. The summed E-state index contributed by atoms with van der Waals surface area (Å²) in [7, 11) is 0. The first-order chi connectivity index (χ1) is 17.6. The molecule has 0 amide bonds. The zero-order chi connectivity index (χ0) is 26.1. The number of rotatable bonds is 4. The number of H-pyrrole nitrogens is 1. The van der Waals surface area contributed by atoms with Crippen LogP contribution in [0.4, 0.5) is 27.8 Å². The van der Waals surface area contributed by atoms with E-state index >= 15 is 0 Å². The number of alkyl halides is 3. The molecule has 2 bridgehead atoms. The number of nitrogens with one attached hydrogen (secondary N) is 2. The van der Waals surface area contributed by atoms with Crippen LogP contribution in [-0.2, 0) is 11.0 Å². The summed E-state index contributed by atoms with van der Waals surface area (Å²) in [6, 6.07) is 4.83. The molecule has 2 aromatic carbocycles. The summed E-state index contributed by atoms with van der Waals surface area (Å²) in [4.78, 5) is 23.5. The molecular weight excluding hydrogens is 495 g/mol. The zero-order valence-corrected chi connectivity index (χ0v) is 19.2. The number of carboxylic acids is 1. The van der Waals surface area contributed by atoms with Crippen LogP contribution in [0.1, 0.15) is 31.2 Å². The lowest BCUT2D eigenvalue weighted by atomic mass is 9.61. The van der Waals surface area contributed by atoms with E-state index in [1.54, 1.807) is 0 Å². The normalized spacial score (nSPS) is 23.6. The Morgan fingerprint density at radius 1 is 1.03 bits per heavy atom. The number of hydrogen-bond acceptors (Lipinski definition) is 4. The van der Waals surface area contributed by atoms with Crippen LogP contribution in [0.5, 0.6) is 0 Å². The molecule has 7 rings (SSSR count). The number of para-hydroxylation sites is 1. The fraction of sp³-hybridized carbons (Fsp3) is 0.346. The predicted molar refractivity (Wildman–Crippen MR) is 126 cm³/mol. The lowest BCUT2D eigenvalue weighted by molar-refractivity contribution is -0.148. The van der Waals surface area contributed by atoms with Gasteiger partial charge in [0.05, 0.1) is 22.5 Å². The third-order valence-corrected chi connectivity index (χ3v) is 7.79. The molecule has 6 nitrogen and oxygen atoms in total. The molecule has 0 aliphatic heterocycles. The van der Waals surface area contributed by atoms with Gasteiger partial charge in [-0.15, -0.1) is 0 Å². The molecule has 2 heterocycles. The van der Waals surface area contributed by atoms with E-state index in [-0.39, 0.29) is 50.8 Å². The number of fused-ring (bicyclic) bond motifs is 5. The van der Waals surface area contributed by atoms with Crippen molar-refractivity contribution in [2.24, 2.45) is 17.8 Å². The van der Waals surface area contributed by atoms with E-state index in [1.807, 2.05) is 0 Å². The van der Waals surface area contributed by atoms with Gasteiger partial charge in [0, 0.05) is 34.6 Å². The van der Waals surface area contributed by atoms with E-state index in [4.69, 9.17) is 0 Å². The fourth-order valence-corrected chi connectivity index (χ4v) is 6.12. The van der Waals surface area contributed by atoms with Crippen LogP contribution in [0.2, 0.25) is 0 Å². The average Bonchev–Trinajstić information content (AvgIpc) is 3.27. The van der Waals surface area contributed by atoms with Gasteiger partial charge in [-0.2, -0.15) is 13.2 Å². The minimum atomic E-state index is -4.73. The molecule has 37 heavy (non-hydrogen) atoms. The molecule has 3 fully saturated rings. The highest BCUT2D eigenvalue weighted by Crippen LogP contribution is 2.47. The minimum absolute atomic E-state index is 0.0293. The summed E-state index contributed by atoms with van der Waals surface area (Å²) in [5.41, 5.74) is -1.29. The summed E-state index contributed by atoms with van der Waals surface area (Å²) in [5, 5.41) is 13.3. The van der Waals surface area contributed by atoms with E-state index < -0.39 is 41.3 Å². The van der Waals surface area contributed by atoms with E-state index in [0.717, 1.165) is 37.8 Å². The van der Waals surface area contributed by atoms with Gasteiger partial charge in [-0.05, 0) is 55.7 Å². The smallest absolute Gasteiger partial charge is 0.418 e. The van der Waals surface area contributed by atoms with Crippen LogP contribution >= 0.6 is 0 Å². The molecule has 3 aliphatic carbocycles. The number of aromatic amines is 1. The molecule has 3 aliphatic rings. The lowest BCUT2D eigenvalue weighted by Crippen LogP contribution is -2.51. The van der Waals surface area contributed by atoms with Crippen molar-refractivity contribution in [1.82, 2.24) is 15.0 Å². The van der Waals surface area contributed by atoms with Crippen LogP contribution in [0, 0.1) is 29.4 Å². The molecule has 11 heteroatoms. The highest BCUT2D eigenvalue weighted by molar-refractivity contribution is 5.98. The van der Waals surface area contributed by atoms with Crippen molar-refractivity contribution < 1.29 is 31.9 Å². The molecule has 2 aromatic heterocycles. The summed E-state index contributed by atoms with van der Waals surface area (Å²) in [5.74, 6) is -3.49. The van der Waals surface area contributed by atoms with Gasteiger partial charge in [0.25, 0.3) is 0 Å². The molecule has 3 saturated carbocycles. The quantitative estimate of drug-likeness (QED) is 0.274. The third-order valence-electron chi connectivity index (χ3n) is 7.79. The first-order valence-corrected chi connectivity index (χ1v) is 12.0. The molecule has 0 unspecified atom stereocenters. The second-order valence-corrected chi connectivity index (χ2v) is 9.82. The van der Waals surface area contributed by atoms with Crippen LogP contribution in [-0.4, -0.2) is 32.1 Å². The average molecular weight is 516 g/mol. The minimum Gasteiger partial charge on any atom is -0.481 e. The highest BCUT2D eigenvalue weighted by atomic mass is 19.4. The van der Waals surface area contributed by atoms with Gasteiger partial charge < -0.3 is 15.4 Å². The number of hydrogen-bond donors (Lipinski definition) is 3. The maximum Gasteiger partial charge on any atom is 0.418 e. The van der Waals surface area contributed by atoms with Crippen LogP contribution < -0.4 is 5.32 Å². The van der Waals surface area contributed by atoms with Gasteiger partial charge >= 0.3 is 12.1 Å². The predicted octanol–water partition coefficient (Wildman–Crippen LogP) is 6.38. The molecule has 3 N–H and O–H groups in total. The second kappa shape index (κ2) is 8.39. The Balaban J connectivity index is 1.57. The molecule has 4 aromatic rings. The Kier molecular flexibility index (Phi) is 5.36. The van der Waals surface area contributed by atoms with Crippen molar-refractivity contribution in [3.8, 4) is 11.4 Å². The Hall–Kier alpha value is -3.76. The largest absolute Gasteiger partial charge is 0.481 e. The Labute approximate surface area is 206 Å². The Morgan fingerprint density at radius 2 is 1.76 bits per heavy atom. The molecule has 2 atom stereocenters. The van der Waals surface area contributed by atoms with Gasteiger partial charge in [-0.1, -0.05) is 6.07 Å². The third kappa shape index (κ3) is 3.87. The van der Waals surface area contributed by atoms with Gasteiger partial charge in [0.15, 0.2) is 5.82 Å². The molecular formula is C26H21F5N4O2. The van der Waals surface area contributed by atoms with E-state index in [9.17, 15) is 31.9 Å². The van der Waals surface area contributed by atoms with Crippen molar-refractivity contribution in [3.05, 3.63) is 53.7 Å². The molecule has 192 valence electrons. The number of carbonyl (C=O) groups is 1. The van der Waals surface area contributed by atoms with E-state index in [1.165, 1.54) is 18.3 Å². The number of benzene rings is 2. The monoisotopic (exact) mass is 516 g/mol. The fourth-order valence-electron chi connectivity index (χ4n) is 6.12. The summed E-state index contributed by atoms with van der Waals surface area (Å²) in [6.07, 6.45) is -0.195. The van der Waals surface area contributed by atoms with E-state index in [2.05, 4.69) is 20.3 Å². The topological polar surface area (TPSA) is 90.9 Å². The number of anilines is 1. The van der Waals surface area contributed by atoms with Crippen molar-refractivity contribution in [2.75, 3.05) is 5.32 Å². The number of carboxylic acid groups (broad SMARTS) is 1. The summed E-state index contributed by atoms with van der Waals surface area (Å²) in [6.45, 7) is 0. The molecule has 0 saturated heterocycles. The van der Waals surface area contributed by atoms with Gasteiger partial charge in [-0.3, -0.25) is 4.79 Å². The number of nitrogens with zero attached hydrogens (tertiary/aromatic N) is 2. The van der Waals surface area contributed by atoms with Crippen molar-refractivity contribution in [2.45, 2.75) is 37.9 Å². The van der Waals surface area contributed by atoms with Gasteiger partial charge in [0.1, 0.15) is 17.5 Å². The number of aliphatic carboxylic acids is 1. The maximum atomic E-state index is 14.3. The molecule has 0 spiro atoms. The number of aromatic nitrogens is 3. The van der Waals surface area contributed by atoms with Crippen molar-refractivity contribution in [1.29, 1.82) is 0 Å². The lowest BCUT2D eigenvalue weighted by Gasteiger charge is -2.47. The molecule has 0 radical (unpaired) electrons. The Morgan fingerprint density at radius 3 is 2.46 bits per heavy atom. The second-order valence-electron chi connectivity index (χ2n) is 9.82. The first kappa shape index (κ1) is 23.6. The first-order valence-electron chi connectivity index (χ1n) is 12.0. The summed E-state index contributed by atoms with van der Waals surface area (Å²) < 4.78 is 70.2. The van der Waals surface area contributed by atoms with Crippen LogP contribution in [0.25, 0.3) is 33.2 Å². The van der Waals surface area contributed by atoms with Gasteiger partial charge in [0.2, 0.25) is 0 Å². The van der Waals surface area contributed by atoms with Crippen LogP contribution in [0.3, 0.4) is 0 Å². The Bertz CT molecular complexity index is 1540. The standard InChI is InChI=1S/C26H21F5N4O2/c27-13-8-15-16(10-32-22(15)18(28)9-13)24-34-21-14(2-1-3-17(21)26(29,30)31)23(35-24)33-20-12-6-4-11(5-7-12)19(20)25(36)37/h1-3,8-12,19-20,32H,4-7H2,(H,36,37)(H,33,34,35)/t11?,12?,19-,20-/m0/s1. The number of halogens is 5. The summed E-state index contributed by atoms with van der Waals surface area (Å²) >= 11 is 0. The SMILES string of the molecule is O=C(O)[C@H]1C2CCC(CC2)[C@@H]1Nc1nc(-c2c[nH]c3c(F)cc(F)cc23)nc2c(C(F)(F)F)cccc12. The zero-order valence-electron chi connectivity index (χ0n) is 19.2. The van der Waals surface area contributed by atoms with Crippen molar-refractivity contribution >= 4 is 33.6 Å². The van der Waals surface area contributed by atoms with Gasteiger partial charge in [-0.25, -0.2) is 18.7 Å². The van der Waals surface area contributed by atoms with Crippen LogP contribution in [0.15, 0.2) is 36.5 Å². The van der Waals surface area contributed by atoms with E-state index in [0.29, 0.717) is 6.07 Å². The highest BCUT2D eigenvalue weighted by Gasteiger charge is 2.47.